The summed E-state index contributed by atoms with van der Waals surface area (Å²) in [7, 11) is 0. The van der Waals surface area contributed by atoms with Gasteiger partial charge < -0.3 is 11.1 Å². The van der Waals surface area contributed by atoms with E-state index >= 15 is 0 Å². The van der Waals surface area contributed by atoms with Crippen LogP contribution in [0.4, 0.5) is 11.4 Å². The minimum Gasteiger partial charge on any atom is -0.397 e. The van der Waals surface area contributed by atoms with Crippen LogP contribution in [0.15, 0.2) is 41.6 Å². The number of thioether (sulfide) groups is 1. The van der Waals surface area contributed by atoms with Gasteiger partial charge in [-0.25, -0.2) is 0 Å². The maximum Gasteiger partial charge on any atom is 0.234 e. The molecule has 2 aromatic rings. The van der Waals surface area contributed by atoms with Crippen molar-refractivity contribution >= 4 is 29.0 Å². The van der Waals surface area contributed by atoms with E-state index in [1.807, 2.05) is 38.1 Å². The second-order valence-corrected chi connectivity index (χ2v) is 5.52. The Labute approximate surface area is 122 Å². The topological polar surface area (TPSA) is 68.0 Å². The third-order valence-electron chi connectivity index (χ3n) is 3.05. The van der Waals surface area contributed by atoms with Gasteiger partial charge in [-0.1, -0.05) is 12.1 Å². The molecular formula is C15H17N3OS. The van der Waals surface area contributed by atoms with Crippen molar-refractivity contribution in [2.75, 3.05) is 16.8 Å². The lowest BCUT2D eigenvalue weighted by molar-refractivity contribution is -0.113. The average molecular weight is 287 g/mol. The average Bonchev–Trinajstić information content (AvgIpc) is 2.43. The number of nitrogen functional groups attached to an aromatic ring is 1. The predicted octanol–water partition coefficient (Wildman–Crippen LogP) is 3.01. The molecule has 104 valence electrons. The zero-order valence-electron chi connectivity index (χ0n) is 11.5. The summed E-state index contributed by atoms with van der Waals surface area (Å²) in [5, 5.41) is 2.92. The van der Waals surface area contributed by atoms with Crippen LogP contribution in [-0.4, -0.2) is 16.6 Å². The number of carbonyl (C=O) groups is 1. The Morgan fingerprint density at radius 3 is 2.90 bits per heavy atom. The first kappa shape index (κ1) is 14.4. The van der Waals surface area contributed by atoms with Gasteiger partial charge in [-0.2, -0.15) is 0 Å². The number of hydrogen-bond donors (Lipinski definition) is 2. The quantitative estimate of drug-likeness (QED) is 0.848. The van der Waals surface area contributed by atoms with Crippen LogP contribution in [0.3, 0.4) is 0 Å². The van der Waals surface area contributed by atoms with E-state index in [9.17, 15) is 4.79 Å². The third kappa shape index (κ3) is 3.51. The molecule has 0 aliphatic heterocycles. The van der Waals surface area contributed by atoms with Crippen LogP contribution < -0.4 is 11.1 Å². The minimum atomic E-state index is -0.0417. The fraction of sp³-hybridized carbons (Fsp3) is 0.200. The molecule has 0 fully saturated rings. The number of benzene rings is 1. The summed E-state index contributed by atoms with van der Waals surface area (Å²) in [5.41, 5.74) is 9.50. The van der Waals surface area contributed by atoms with Crippen molar-refractivity contribution in [1.29, 1.82) is 0 Å². The molecule has 0 atom stereocenters. The van der Waals surface area contributed by atoms with Gasteiger partial charge in [-0.3, -0.25) is 9.78 Å². The van der Waals surface area contributed by atoms with E-state index in [0.29, 0.717) is 11.4 Å². The van der Waals surface area contributed by atoms with E-state index in [1.54, 1.807) is 12.4 Å². The Kier molecular flexibility index (Phi) is 4.63. The molecule has 1 aromatic heterocycles. The number of anilines is 2. The predicted molar refractivity (Wildman–Crippen MR) is 83.9 cm³/mol. The highest BCUT2D eigenvalue weighted by molar-refractivity contribution is 8.00. The molecule has 1 amide bonds. The summed E-state index contributed by atoms with van der Waals surface area (Å²) in [6.45, 7) is 4.02. The van der Waals surface area contributed by atoms with E-state index < -0.39 is 0 Å². The number of carbonyl (C=O) groups excluding carboxylic acids is 1. The number of aromatic nitrogens is 1. The summed E-state index contributed by atoms with van der Waals surface area (Å²) in [5.74, 6) is 0.279. The Morgan fingerprint density at radius 2 is 2.15 bits per heavy atom. The van der Waals surface area contributed by atoms with E-state index in [2.05, 4.69) is 10.3 Å². The maximum absolute atomic E-state index is 12.0. The number of nitrogens with one attached hydrogen (secondary N) is 1. The Morgan fingerprint density at radius 1 is 1.35 bits per heavy atom. The van der Waals surface area contributed by atoms with E-state index in [0.717, 1.165) is 21.7 Å². The van der Waals surface area contributed by atoms with Gasteiger partial charge in [-0.15, -0.1) is 11.8 Å². The van der Waals surface area contributed by atoms with Gasteiger partial charge in [0, 0.05) is 16.8 Å². The first-order chi connectivity index (χ1) is 9.58. The second-order valence-electron chi connectivity index (χ2n) is 4.50. The lowest BCUT2D eigenvalue weighted by Gasteiger charge is -2.10. The molecule has 2 rings (SSSR count). The molecule has 1 aromatic carbocycles. The zero-order valence-corrected chi connectivity index (χ0v) is 12.3. The first-order valence-corrected chi connectivity index (χ1v) is 7.25. The standard InChI is InChI=1S/C15H17N3OS/c1-10-4-3-5-13(11(10)2)18-15(19)9-20-14-6-7-17-8-12(14)16/h3-8H,9,16H2,1-2H3,(H,18,19). The molecule has 0 aliphatic rings. The van der Waals surface area contributed by atoms with Gasteiger partial charge in [0.2, 0.25) is 5.91 Å². The lowest BCUT2D eigenvalue weighted by Crippen LogP contribution is -2.15. The minimum absolute atomic E-state index is 0.0417. The van der Waals surface area contributed by atoms with Gasteiger partial charge in [0.25, 0.3) is 0 Å². The highest BCUT2D eigenvalue weighted by atomic mass is 32.2. The highest BCUT2D eigenvalue weighted by Crippen LogP contribution is 2.24. The third-order valence-corrected chi connectivity index (χ3v) is 4.14. The molecule has 0 radical (unpaired) electrons. The Balaban J connectivity index is 1.96. The van der Waals surface area contributed by atoms with Gasteiger partial charge >= 0.3 is 0 Å². The van der Waals surface area contributed by atoms with Crippen LogP contribution in [-0.2, 0) is 4.79 Å². The second kappa shape index (κ2) is 6.43. The molecule has 1 heterocycles. The van der Waals surface area contributed by atoms with Gasteiger partial charge in [0.15, 0.2) is 0 Å². The lowest BCUT2D eigenvalue weighted by atomic mass is 10.1. The fourth-order valence-electron chi connectivity index (χ4n) is 1.74. The number of hydrogen-bond acceptors (Lipinski definition) is 4. The molecule has 5 heteroatoms. The summed E-state index contributed by atoms with van der Waals surface area (Å²) >= 11 is 1.41. The van der Waals surface area contributed by atoms with Crippen molar-refractivity contribution < 1.29 is 4.79 Å². The molecule has 0 spiro atoms. The van der Waals surface area contributed by atoms with Crippen molar-refractivity contribution in [3.63, 3.8) is 0 Å². The SMILES string of the molecule is Cc1cccc(NC(=O)CSc2ccncc2N)c1C. The van der Waals surface area contributed by atoms with Crippen LogP contribution in [0.25, 0.3) is 0 Å². The van der Waals surface area contributed by atoms with E-state index in [4.69, 9.17) is 5.73 Å². The van der Waals surface area contributed by atoms with Crippen LogP contribution in [0.1, 0.15) is 11.1 Å². The summed E-state index contributed by atoms with van der Waals surface area (Å²) in [6.07, 6.45) is 3.26. The Hall–Kier alpha value is -2.01. The monoisotopic (exact) mass is 287 g/mol. The maximum atomic E-state index is 12.0. The molecule has 20 heavy (non-hydrogen) atoms. The number of amides is 1. The molecule has 3 N–H and O–H groups in total. The number of nitrogens with two attached hydrogens (primary N) is 1. The summed E-state index contributed by atoms with van der Waals surface area (Å²) in [6, 6.07) is 7.68. The number of nitrogens with zero attached hydrogens (tertiary/aromatic N) is 1. The molecule has 0 saturated heterocycles. The highest BCUT2D eigenvalue weighted by Gasteiger charge is 2.08. The van der Waals surface area contributed by atoms with Crippen molar-refractivity contribution in [2.45, 2.75) is 18.7 Å². The smallest absolute Gasteiger partial charge is 0.234 e. The van der Waals surface area contributed by atoms with Gasteiger partial charge in [0.1, 0.15) is 0 Å². The summed E-state index contributed by atoms with van der Waals surface area (Å²) in [4.78, 5) is 16.8. The van der Waals surface area contributed by atoms with Crippen LogP contribution in [0.5, 0.6) is 0 Å². The molecule has 4 nitrogen and oxygen atoms in total. The normalized spacial score (nSPS) is 10.3. The van der Waals surface area contributed by atoms with Crippen molar-refractivity contribution in [3.8, 4) is 0 Å². The van der Waals surface area contributed by atoms with Crippen molar-refractivity contribution in [2.24, 2.45) is 0 Å². The molecule has 0 saturated carbocycles. The zero-order chi connectivity index (χ0) is 14.5. The van der Waals surface area contributed by atoms with Gasteiger partial charge in [-0.05, 0) is 37.1 Å². The van der Waals surface area contributed by atoms with Crippen molar-refractivity contribution in [1.82, 2.24) is 4.98 Å². The molecular weight excluding hydrogens is 270 g/mol. The van der Waals surface area contributed by atoms with Crippen LogP contribution in [0.2, 0.25) is 0 Å². The number of pyridine rings is 1. The molecule has 0 unspecified atom stereocenters. The largest absolute Gasteiger partial charge is 0.397 e. The molecule has 0 bridgehead atoms. The fourth-order valence-corrected chi connectivity index (χ4v) is 2.48. The van der Waals surface area contributed by atoms with E-state index in [-0.39, 0.29) is 5.91 Å². The van der Waals surface area contributed by atoms with Crippen molar-refractivity contribution in [3.05, 3.63) is 47.8 Å². The van der Waals surface area contributed by atoms with Crippen LogP contribution >= 0.6 is 11.8 Å². The number of aryl methyl sites for hydroxylation is 1. The van der Waals surface area contributed by atoms with E-state index in [1.165, 1.54) is 11.8 Å². The van der Waals surface area contributed by atoms with Crippen LogP contribution in [0, 0.1) is 13.8 Å². The first-order valence-electron chi connectivity index (χ1n) is 6.26. The number of rotatable bonds is 4. The molecule has 0 aliphatic carbocycles. The Bertz CT molecular complexity index is 628. The summed E-state index contributed by atoms with van der Waals surface area (Å²) < 4.78 is 0. The van der Waals surface area contributed by atoms with Gasteiger partial charge in [0.05, 0.1) is 17.6 Å².